The molecule has 2 aromatic carbocycles. The lowest BCUT2D eigenvalue weighted by molar-refractivity contribution is 0.816. The Labute approximate surface area is 138 Å². The summed E-state index contributed by atoms with van der Waals surface area (Å²) in [4.78, 5) is 17.6. The molecule has 5 heteroatoms. The molecule has 1 aromatic heterocycles. The van der Waals surface area contributed by atoms with Crippen LogP contribution in [0.25, 0.3) is 16.6 Å². The van der Waals surface area contributed by atoms with Crippen molar-refractivity contribution in [2.24, 2.45) is 0 Å². The van der Waals surface area contributed by atoms with Crippen LogP contribution in [0.5, 0.6) is 0 Å². The molecular formula is C17H15ClN2OS. The van der Waals surface area contributed by atoms with E-state index in [2.05, 4.69) is 18.8 Å². The van der Waals surface area contributed by atoms with Gasteiger partial charge in [0, 0.05) is 10.3 Å². The molecule has 22 heavy (non-hydrogen) atoms. The number of fused-ring (bicyclic) bond motifs is 1. The summed E-state index contributed by atoms with van der Waals surface area (Å²) in [6, 6.07) is 14.7. The number of thioether (sulfide) groups is 1. The standard InChI is InChI=1S/C17H15ClN2OS/c1-11(2)22-17-19-15-9-4-3-8-14(15)16(21)20(17)13-7-5-6-12(18)10-13/h3-11H,1-2H3. The number of hydrogen-bond donors (Lipinski definition) is 0. The van der Waals surface area contributed by atoms with Gasteiger partial charge in [-0.05, 0) is 30.3 Å². The normalized spacial score (nSPS) is 11.3. The molecule has 3 aromatic rings. The van der Waals surface area contributed by atoms with E-state index in [1.807, 2.05) is 30.3 Å². The van der Waals surface area contributed by atoms with Crippen molar-refractivity contribution in [2.45, 2.75) is 24.3 Å². The van der Waals surface area contributed by atoms with Crippen LogP contribution in [0.2, 0.25) is 5.02 Å². The van der Waals surface area contributed by atoms with Crippen molar-refractivity contribution >= 4 is 34.3 Å². The van der Waals surface area contributed by atoms with Crippen LogP contribution in [0.3, 0.4) is 0 Å². The van der Waals surface area contributed by atoms with Crippen molar-refractivity contribution in [3.8, 4) is 5.69 Å². The van der Waals surface area contributed by atoms with E-state index in [0.717, 1.165) is 5.69 Å². The number of hydrogen-bond acceptors (Lipinski definition) is 3. The van der Waals surface area contributed by atoms with Gasteiger partial charge in [-0.25, -0.2) is 4.98 Å². The minimum absolute atomic E-state index is 0.0731. The third-order valence-electron chi connectivity index (χ3n) is 3.15. The average molecular weight is 331 g/mol. The van der Waals surface area contributed by atoms with E-state index in [4.69, 9.17) is 11.6 Å². The highest BCUT2D eigenvalue weighted by Gasteiger charge is 2.14. The molecule has 3 rings (SSSR count). The van der Waals surface area contributed by atoms with E-state index in [1.165, 1.54) is 0 Å². The molecule has 0 aliphatic rings. The van der Waals surface area contributed by atoms with Crippen LogP contribution >= 0.6 is 23.4 Å². The predicted octanol–water partition coefficient (Wildman–Crippen LogP) is 4.54. The van der Waals surface area contributed by atoms with Gasteiger partial charge in [-0.1, -0.05) is 55.4 Å². The van der Waals surface area contributed by atoms with Crippen molar-refractivity contribution in [2.75, 3.05) is 0 Å². The van der Waals surface area contributed by atoms with Gasteiger partial charge >= 0.3 is 0 Å². The number of aromatic nitrogens is 2. The van der Waals surface area contributed by atoms with Gasteiger partial charge in [-0.15, -0.1) is 0 Å². The zero-order chi connectivity index (χ0) is 15.7. The lowest BCUT2D eigenvalue weighted by Gasteiger charge is -2.14. The third-order valence-corrected chi connectivity index (χ3v) is 4.34. The van der Waals surface area contributed by atoms with Crippen LogP contribution < -0.4 is 5.56 Å². The molecule has 3 nitrogen and oxygen atoms in total. The molecule has 0 aliphatic carbocycles. The van der Waals surface area contributed by atoms with Crippen molar-refractivity contribution in [1.82, 2.24) is 9.55 Å². The van der Waals surface area contributed by atoms with E-state index < -0.39 is 0 Å². The Morgan fingerprint density at radius 1 is 1.14 bits per heavy atom. The first-order valence-corrected chi connectivity index (χ1v) is 8.26. The van der Waals surface area contributed by atoms with Gasteiger partial charge in [0.25, 0.3) is 5.56 Å². The van der Waals surface area contributed by atoms with Crippen LogP contribution in [-0.2, 0) is 0 Å². The van der Waals surface area contributed by atoms with Gasteiger partial charge in [-0.3, -0.25) is 9.36 Å². The smallest absolute Gasteiger partial charge is 0.266 e. The summed E-state index contributed by atoms with van der Waals surface area (Å²) in [5.41, 5.74) is 1.38. The lowest BCUT2D eigenvalue weighted by atomic mass is 10.2. The second-order valence-electron chi connectivity index (χ2n) is 5.20. The monoisotopic (exact) mass is 330 g/mol. The number of para-hydroxylation sites is 1. The van der Waals surface area contributed by atoms with E-state index in [-0.39, 0.29) is 5.56 Å². The minimum Gasteiger partial charge on any atom is -0.268 e. The molecule has 0 bridgehead atoms. The zero-order valence-corrected chi connectivity index (χ0v) is 13.9. The number of nitrogens with zero attached hydrogens (tertiary/aromatic N) is 2. The largest absolute Gasteiger partial charge is 0.268 e. The van der Waals surface area contributed by atoms with Gasteiger partial charge < -0.3 is 0 Å². The maximum Gasteiger partial charge on any atom is 0.266 e. The fraction of sp³-hybridized carbons (Fsp3) is 0.176. The highest BCUT2D eigenvalue weighted by atomic mass is 35.5. The third kappa shape index (κ3) is 2.89. The van der Waals surface area contributed by atoms with Crippen LogP contribution in [0, 0.1) is 0 Å². The quantitative estimate of drug-likeness (QED) is 0.522. The summed E-state index contributed by atoms with van der Waals surface area (Å²) in [6.45, 7) is 4.16. The van der Waals surface area contributed by atoms with E-state index >= 15 is 0 Å². The summed E-state index contributed by atoms with van der Waals surface area (Å²) >= 11 is 7.64. The Hall–Kier alpha value is -1.78. The van der Waals surface area contributed by atoms with E-state index in [0.29, 0.717) is 26.3 Å². The van der Waals surface area contributed by atoms with Crippen LogP contribution in [0.15, 0.2) is 58.5 Å². The zero-order valence-electron chi connectivity index (χ0n) is 12.3. The Balaban J connectivity index is 2.34. The Morgan fingerprint density at radius 2 is 1.91 bits per heavy atom. The van der Waals surface area contributed by atoms with E-state index in [9.17, 15) is 4.79 Å². The van der Waals surface area contributed by atoms with Crippen LogP contribution in [0.4, 0.5) is 0 Å². The average Bonchev–Trinajstić information content (AvgIpc) is 2.47. The molecular weight excluding hydrogens is 316 g/mol. The molecule has 0 aliphatic heterocycles. The highest BCUT2D eigenvalue weighted by Crippen LogP contribution is 2.25. The van der Waals surface area contributed by atoms with Crippen LogP contribution in [-0.4, -0.2) is 14.8 Å². The summed E-state index contributed by atoms with van der Waals surface area (Å²) in [7, 11) is 0. The van der Waals surface area contributed by atoms with Gasteiger partial charge in [0.1, 0.15) is 0 Å². The van der Waals surface area contributed by atoms with Crippen LogP contribution in [0.1, 0.15) is 13.8 Å². The Kier molecular flexibility index (Phi) is 4.23. The predicted molar refractivity (Wildman–Crippen MR) is 93.3 cm³/mol. The molecule has 0 N–H and O–H groups in total. The summed E-state index contributed by atoms with van der Waals surface area (Å²) in [5.74, 6) is 0. The van der Waals surface area contributed by atoms with Gasteiger partial charge in [-0.2, -0.15) is 0 Å². The molecule has 0 atom stereocenters. The maximum atomic E-state index is 12.9. The first kappa shape index (κ1) is 15.1. The molecule has 0 spiro atoms. The fourth-order valence-corrected chi connectivity index (χ4v) is 3.30. The number of benzene rings is 2. The molecule has 0 fully saturated rings. The van der Waals surface area contributed by atoms with Gasteiger partial charge in [0.05, 0.1) is 16.6 Å². The first-order valence-electron chi connectivity index (χ1n) is 7.00. The second kappa shape index (κ2) is 6.15. The molecule has 0 saturated heterocycles. The van der Waals surface area contributed by atoms with Crippen molar-refractivity contribution in [3.05, 3.63) is 63.9 Å². The van der Waals surface area contributed by atoms with Gasteiger partial charge in [0.2, 0.25) is 0 Å². The molecule has 112 valence electrons. The fourth-order valence-electron chi connectivity index (χ4n) is 2.25. The summed E-state index contributed by atoms with van der Waals surface area (Å²) in [6.07, 6.45) is 0. The number of halogens is 1. The lowest BCUT2D eigenvalue weighted by Crippen LogP contribution is -2.22. The molecule has 0 unspecified atom stereocenters. The summed E-state index contributed by atoms with van der Waals surface area (Å²) < 4.78 is 1.64. The van der Waals surface area contributed by atoms with Crippen molar-refractivity contribution in [3.63, 3.8) is 0 Å². The Morgan fingerprint density at radius 3 is 2.64 bits per heavy atom. The molecule has 1 heterocycles. The minimum atomic E-state index is -0.0731. The molecule has 0 radical (unpaired) electrons. The molecule has 0 saturated carbocycles. The Bertz CT molecular complexity index is 889. The molecule has 0 amide bonds. The maximum absolute atomic E-state index is 12.9. The van der Waals surface area contributed by atoms with Gasteiger partial charge in [0.15, 0.2) is 5.16 Å². The van der Waals surface area contributed by atoms with Crippen molar-refractivity contribution < 1.29 is 0 Å². The SMILES string of the molecule is CC(C)Sc1nc2ccccc2c(=O)n1-c1cccc(Cl)c1. The van der Waals surface area contributed by atoms with E-state index in [1.54, 1.807) is 34.5 Å². The van der Waals surface area contributed by atoms with Crippen molar-refractivity contribution in [1.29, 1.82) is 0 Å². The summed E-state index contributed by atoms with van der Waals surface area (Å²) in [5, 5.41) is 2.20. The first-order chi connectivity index (χ1) is 10.6. The number of rotatable bonds is 3. The second-order valence-corrected chi connectivity index (χ2v) is 7.18. The highest BCUT2D eigenvalue weighted by molar-refractivity contribution is 7.99. The topological polar surface area (TPSA) is 34.9 Å².